The highest BCUT2D eigenvalue weighted by Crippen LogP contribution is 2.17. The maximum Gasteiger partial charge on any atom is 0.265 e. The van der Waals surface area contributed by atoms with Crippen molar-refractivity contribution in [3.63, 3.8) is 0 Å². The van der Waals surface area contributed by atoms with Crippen LogP contribution in [0.5, 0.6) is 5.75 Å². The van der Waals surface area contributed by atoms with Gasteiger partial charge in [0.25, 0.3) is 5.91 Å². The summed E-state index contributed by atoms with van der Waals surface area (Å²) in [6.07, 6.45) is 2.19. The van der Waals surface area contributed by atoms with E-state index in [9.17, 15) is 9.18 Å². The van der Waals surface area contributed by atoms with Crippen LogP contribution in [0.2, 0.25) is 0 Å². The summed E-state index contributed by atoms with van der Waals surface area (Å²) < 4.78 is 18.6. The molecule has 0 radical (unpaired) electrons. The molecule has 0 aliphatic heterocycles. The van der Waals surface area contributed by atoms with Crippen molar-refractivity contribution in [3.8, 4) is 5.75 Å². The number of nitrogens with one attached hydrogen (secondary N) is 2. The molecule has 1 heterocycles. The quantitative estimate of drug-likeness (QED) is 0.870. The van der Waals surface area contributed by atoms with Gasteiger partial charge in [-0.2, -0.15) is 5.10 Å². The normalized spacial score (nSPS) is 11.9. The van der Waals surface area contributed by atoms with Crippen LogP contribution in [0.1, 0.15) is 6.92 Å². The second kappa shape index (κ2) is 5.31. The van der Waals surface area contributed by atoms with Crippen molar-refractivity contribution < 1.29 is 13.9 Å². The fourth-order valence-corrected chi connectivity index (χ4v) is 1.35. The number of benzene rings is 1. The Bertz CT molecular complexity index is 528. The van der Waals surface area contributed by atoms with Crippen molar-refractivity contribution in [1.29, 1.82) is 0 Å². The fourth-order valence-electron chi connectivity index (χ4n) is 1.35. The van der Waals surface area contributed by atoms with Gasteiger partial charge in [-0.15, -0.1) is 0 Å². The summed E-state index contributed by atoms with van der Waals surface area (Å²) in [6, 6.07) is 5.94. The molecule has 0 spiro atoms. The number of para-hydroxylation sites is 1. The zero-order valence-electron chi connectivity index (χ0n) is 9.68. The molecule has 0 aliphatic rings. The average molecular weight is 249 g/mol. The molecule has 0 bridgehead atoms. The maximum atomic E-state index is 13.3. The zero-order valence-corrected chi connectivity index (χ0v) is 9.68. The minimum Gasteiger partial charge on any atom is -0.478 e. The topological polar surface area (TPSA) is 67.0 Å². The van der Waals surface area contributed by atoms with Gasteiger partial charge in [0, 0.05) is 6.20 Å². The summed E-state index contributed by atoms with van der Waals surface area (Å²) >= 11 is 0. The number of anilines is 1. The summed E-state index contributed by atoms with van der Waals surface area (Å²) in [5.74, 6) is -0.826. The van der Waals surface area contributed by atoms with Crippen molar-refractivity contribution in [2.75, 3.05) is 5.32 Å². The second-order valence-corrected chi connectivity index (χ2v) is 3.67. The van der Waals surface area contributed by atoms with E-state index < -0.39 is 11.9 Å². The number of halogens is 1. The molecule has 6 heteroatoms. The van der Waals surface area contributed by atoms with Crippen molar-refractivity contribution in [2.24, 2.45) is 0 Å². The summed E-state index contributed by atoms with van der Waals surface area (Å²) in [7, 11) is 0. The first-order valence-corrected chi connectivity index (χ1v) is 5.37. The van der Waals surface area contributed by atoms with Gasteiger partial charge in [0.15, 0.2) is 17.7 Å². The van der Waals surface area contributed by atoms with Crippen LogP contribution in [0, 0.1) is 5.82 Å². The first kappa shape index (κ1) is 12.1. The van der Waals surface area contributed by atoms with E-state index in [1.165, 1.54) is 24.5 Å². The lowest BCUT2D eigenvalue weighted by atomic mass is 10.3. The van der Waals surface area contributed by atoms with Crippen LogP contribution in [0.25, 0.3) is 0 Å². The molecule has 2 rings (SSSR count). The molecular weight excluding hydrogens is 237 g/mol. The largest absolute Gasteiger partial charge is 0.478 e. The molecule has 0 aliphatic carbocycles. The van der Waals surface area contributed by atoms with Gasteiger partial charge in [0.2, 0.25) is 0 Å². The molecule has 1 atom stereocenters. The Hall–Kier alpha value is -2.37. The molecule has 18 heavy (non-hydrogen) atoms. The minimum absolute atomic E-state index is 0.0485. The molecule has 0 fully saturated rings. The number of aromatic nitrogens is 2. The number of rotatable bonds is 4. The van der Waals surface area contributed by atoms with Crippen LogP contribution in [-0.4, -0.2) is 22.2 Å². The lowest BCUT2D eigenvalue weighted by Gasteiger charge is -2.14. The van der Waals surface area contributed by atoms with Gasteiger partial charge in [0.05, 0.1) is 11.9 Å². The summed E-state index contributed by atoms with van der Waals surface area (Å²) in [5, 5.41) is 8.84. The summed E-state index contributed by atoms with van der Waals surface area (Å²) in [4.78, 5) is 11.7. The lowest BCUT2D eigenvalue weighted by molar-refractivity contribution is -0.122. The smallest absolute Gasteiger partial charge is 0.265 e. The number of nitrogens with zero attached hydrogens (tertiary/aromatic N) is 1. The van der Waals surface area contributed by atoms with E-state index in [1.807, 2.05) is 0 Å². The molecule has 1 aromatic carbocycles. The van der Waals surface area contributed by atoms with Crippen LogP contribution in [0.4, 0.5) is 10.1 Å². The Morgan fingerprint density at radius 2 is 2.28 bits per heavy atom. The van der Waals surface area contributed by atoms with E-state index in [-0.39, 0.29) is 11.7 Å². The van der Waals surface area contributed by atoms with E-state index in [0.29, 0.717) is 5.69 Å². The van der Waals surface area contributed by atoms with Gasteiger partial charge in [-0.25, -0.2) is 4.39 Å². The first-order chi connectivity index (χ1) is 8.66. The predicted molar refractivity (Wildman–Crippen MR) is 63.7 cm³/mol. The van der Waals surface area contributed by atoms with Gasteiger partial charge in [-0.3, -0.25) is 9.89 Å². The molecule has 2 N–H and O–H groups in total. The van der Waals surface area contributed by atoms with Crippen molar-refractivity contribution >= 4 is 11.6 Å². The molecule has 94 valence electrons. The molecular formula is C12H12FN3O2. The van der Waals surface area contributed by atoms with Crippen LogP contribution in [0.3, 0.4) is 0 Å². The molecule has 2 aromatic rings. The Kier molecular flexibility index (Phi) is 3.57. The number of carbonyl (C=O) groups excluding carboxylic acids is 1. The minimum atomic E-state index is -0.809. The van der Waals surface area contributed by atoms with E-state index in [4.69, 9.17) is 4.74 Å². The number of amides is 1. The highest BCUT2D eigenvalue weighted by Gasteiger charge is 2.16. The fraction of sp³-hybridized carbons (Fsp3) is 0.167. The molecule has 0 saturated heterocycles. The van der Waals surface area contributed by atoms with Gasteiger partial charge in [-0.05, 0) is 19.1 Å². The van der Waals surface area contributed by atoms with Crippen LogP contribution in [0.15, 0.2) is 36.7 Å². The monoisotopic (exact) mass is 249 g/mol. The maximum absolute atomic E-state index is 13.3. The van der Waals surface area contributed by atoms with Crippen LogP contribution >= 0.6 is 0 Å². The Labute approximate surface area is 103 Å². The molecule has 1 aromatic heterocycles. The Morgan fingerprint density at radius 3 is 2.94 bits per heavy atom. The van der Waals surface area contributed by atoms with Gasteiger partial charge < -0.3 is 10.1 Å². The number of hydrogen-bond donors (Lipinski definition) is 2. The number of H-pyrrole nitrogens is 1. The van der Waals surface area contributed by atoms with Gasteiger partial charge in [-0.1, -0.05) is 12.1 Å². The van der Waals surface area contributed by atoms with E-state index in [2.05, 4.69) is 15.5 Å². The Morgan fingerprint density at radius 1 is 1.50 bits per heavy atom. The SMILES string of the molecule is CC(Oc1ccccc1F)C(=O)Nc1cn[nH]c1. The van der Waals surface area contributed by atoms with Crippen molar-refractivity contribution in [2.45, 2.75) is 13.0 Å². The lowest BCUT2D eigenvalue weighted by Crippen LogP contribution is -2.30. The summed E-state index contributed by atoms with van der Waals surface area (Å²) in [6.45, 7) is 1.54. The number of ether oxygens (including phenoxy) is 1. The third kappa shape index (κ3) is 2.85. The molecule has 5 nitrogen and oxygen atoms in total. The predicted octanol–water partition coefficient (Wildman–Crippen LogP) is 1.95. The highest BCUT2D eigenvalue weighted by atomic mass is 19.1. The standard InChI is InChI=1S/C12H12FN3O2/c1-8(12(17)16-9-6-14-15-7-9)18-11-5-3-2-4-10(11)13/h2-8H,1H3,(H,14,15)(H,16,17). The van der Waals surface area contributed by atoms with Crippen molar-refractivity contribution in [1.82, 2.24) is 10.2 Å². The van der Waals surface area contributed by atoms with Crippen molar-refractivity contribution in [3.05, 3.63) is 42.5 Å². The van der Waals surface area contributed by atoms with Crippen LogP contribution in [-0.2, 0) is 4.79 Å². The number of aromatic amines is 1. The average Bonchev–Trinajstić information content (AvgIpc) is 2.84. The third-order valence-corrected chi connectivity index (χ3v) is 2.28. The van der Waals surface area contributed by atoms with Gasteiger partial charge >= 0.3 is 0 Å². The number of hydrogen-bond acceptors (Lipinski definition) is 3. The van der Waals surface area contributed by atoms with Crippen LogP contribution < -0.4 is 10.1 Å². The highest BCUT2D eigenvalue weighted by molar-refractivity contribution is 5.93. The van der Waals surface area contributed by atoms with E-state index >= 15 is 0 Å². The van der Waals surface area contributed by atoms with E-state index in [0.717, 1.165) is 0 Å². The first-order valence-electron chi connectivity index (χ1n) is 5.37. The molecule has 0 saturated carbocycles. The molecule has 1 unspecified atom stereocenters. The third-order valence-electron chi connectivity index (χ3n) is 2.28. The second-order valence-electron chi connectivity index (χ2n) is 3.67. The Balaban J connectivity index is 1.97. The van der Waals surface area contributed by atoms with Gasteiger partial charge in [0.1, 0.15) is 0 Å². The summed E-state index contributed by atoms with van der Waals surface area (Å²) in [5.41, 5.74) is 0.531. The molecule has 1 amide bonds. The number of carbonyl (C=O) groups is 1. The zero-order chi connectivity index (χ0) is 13.0. The van der Waals surface area contributed by atoms with E-state index in [1.54, 1.807) is 19.1 Å².